The molecule has 0 atom stereocenters. The van der Waals surface area contributed by atoms with Gasteiger partial charge in [-0.3, -0.25) is 0 Å². The lowest BCUT2D eigenvalue weighted by molar-refractivity contribution is 0.200. The lowest BCUT2D eigenvalue weighted by atomic mass is 10.2. The van der Waals surface area contributed by atoms with Crippen LogP contribution in [-0.4, -0.2) is 37.2 Å². The Kier molecular flexibility index (Phi) is 10.7. The summed E-state index contributed by atoms with van der Waals surface area (Å²) < 4.78 is 11.7. The highest BCUT2D eigenvalue weighted by atomic mass is 127. The molecule has 166 valence electrons. The molecule has 1 saturated carbocycles. The number of nitrogens with one attached hydrogen (secondary N) is 2. The SMILES string of the molecule is CCNC(=NCc1ccc(OC)c(OC2CCCC2)c1)NCCc1csc(C)n1.I. The number of aliphatic imine (C=N–C) groups is 1. The second-order valence-corrected chi connectivity index (χ2v) is 8.30. The third-order valence-corrected chi connectivity index (χ3v) is 5.75. The van der Waals surface area contributed by atoms with Crippen molar-refractivity contribution >= 4 is 41.3 Å². The summed E-state index contributed by atoms with van der Waals surface area (Å²) in [5, 5.41) is 9.92. The molecule has 0 amide bonds. The van der Waals surface area contributed by atoms with Crippen LogP contribution in [0.1, 0.15) is 48.9 Å². The summed E-state index contributed by atoms with van der Waals surface area (Å²) in [7, 11) is 1.69. The molecule has 30 heavy (non-hydrogen) atoms. The van der Waals surface area contributed by atoms with Gasteiger partial charge < -0.3 is 20.1 Å². The Labute approximate surface area is 200 Å². The molecule has 1 aromatic carbocycles. The first kappa shape index (κ1) is 24.7. The average Bonchev–Trinajstić information content (AvgIpc) is 3.38. The Bertz CT molecular complexity index is 806. The van der Waals surface area contributed by atoms with Crippen molar-refractivity contribution in [2.24, 2.45) is 4.99 Å². The van der Waals surface area contributed by atoms with E-state index < -0.39 is 0 Å². The van der Waals surface area contributed by atoms with Gasteiger partial charge in [0.2, 0.25) is 0 Å². The zero-order valence-corrected chi connectivity index (χ0v) is 21.2. The van der Waals surface area contributed by atoms with Crippen molar-refractivity contribution in [2.45, 2.75) is 58.6 Å². The van der Waals surface area contributed by atoms with Crippen LogP contribution in [0, 0.1) is 6.92 Å². The normalized spacial score (nSPS) is 14.3. The van der Waals surface area contributed by atoms with E-state index in [1.54, 1.807) is 18.4 Å². The van der Waals surface area contributed by atoms with E-state index in [0.29, 0.717) is 12.6 Å². The minimum Gasteiger partial charge on any atom is -0.493 e. The molecule has 2 N–H and O–H groups in total. The van der Waals surface area contributed by atoms with E-state index in [1.165, 1.54) is 12.8 Å². The highest BCUT2D eigenvalue weighted by molar-refractivity contribution is 14.0. The third-order valence-electron chi connectivity index (χ3n) is 4.93. The number of hydrogen-bond donors (Lipinski definition) is 2. The molecule has 8 heteroatoms. The molecule has 1 aromatic heterocycles. The number of ether oxygens (including phenoxy) is 2. The van der Waals surface area contributed by atoms with Crippen molar-refractivity contribution in [2.75, 3.05) is 20.2 Å². The van der Waals surface area contributed by atoms with Crippen LogP contribution >= 0.6 is 35.3 Å². The summed E-state index contributed by atoms with van der Waals surface area (Å²) in [5.74, 6) is 2.42. The van der Waals surface area contributed by atoms with Gasteiger partial charge in [-0.1, -0.05) is 6.07 Å². The van der Waals surface area contributed by atoms with E-state index in [9.17, 15) is 0 Å². The number of methoxy groups -OCH3 is 1. The van der Waals surface area contributed by atoms with Gasteiger partial charge in [-0.25, -0.2) is 9.98 Å². The van der Waals surface area contributed by atoms with E-state index in [1.807, 2.05) is 19.1 Å². The number of nitrogens with zero attached hydrogens (tertiary/aromatic N) is 2. The molecule has 1 heterocycles. The standard InChI is InChI=1S/C22H32N4O2S.HI/c1-4-23-22(24-12-11-18-15-29-16(2)26-18)25-14-17-9-10-20(27-3)21(13-17)28-19-7-5-6-8-19;/h9-10,13,15,19H,4-8,11-12,14H2,1-3H3,(H2,23,24,25);1H. The number of rotatable bonds is 9. The molecule has 1 aliphatic rings. The Balaban J connectivity index is 0.00000320. The fourth-order valence-electron chi connectivity index (χ4n) is 3.44. The molecule has 6 nitrogen and oxygen atoms in total. The quantitative estimate of drug-likeness (QED) is 0.272. The first-order valence-corrected chi connectivity index (χ1v) is 11.3. The van der Waals surface area contributed by atoms with Gasteiger partial charge in [-0.05, 0) is 57.2 Å². The van der Waals surface area contributed by atoms with Gasteiger partial charge in [-0.2, -0.15) is 0 Å². The number of halogens is 1. The first-order chi connectivity index (χ1) is 14.2. The van der Waals surface area contributed by atoms with E-state index >= 15 is 0 Å². The average molecular weight is 545 g/mol. The Morgan fingerprint density at radius 3 is 2.70 bits per heavy atom. The molecule has 0 saturated heterocycles. The largest absolute Gasteiger partial charge is 0.493 e. The van der Waals surface area contributed by atoms with Gasteiger partial charge in [0.05, 0.1) is 30.5 Å². The Hall–Kier alpha value is -1.55. The van der Waals surface area contributed by atoms with E-state index in [0.717, 1.165) is 66.1 Å². The lowest BCUT2D eigenvalue weighted by Gasteiger charge is -2.17. The van der Waals surface area contributed by atoms with Crippen LogP contribution in [-0.2, 0) is 13.0 Å². The van der Waals surface area contributed by atoms with E-state index in [4.69, 9.17) is 14.5 Å². The molecule has 0 aliphatic heterocycles. The summed E-state index contributed by atoms with van der Waals surface area (Å²) in [5.41, 5.74) is 2.23. The molecular formula is C22H33IN4O2S. The number of hydrogen-bond acceptors (Lipinski definition) is 5. The fraction of sp³-hybridized carbons (Fsp3) is 0.545. The van der Waals surface area contributed by atoms with Crippen LogP contribution in [0.15, 0.2) is 28.6 Å². The van der Waals surface area contributed by atoms with Crippen LogP contribution in [0.2, 0.25) is 0 Å². The second-order valence-electron chi connectivity index (χ2n) is 7.24. The van der Waals surface area contributed by atoms with Gasteiger partial charge in [0, 0.05) is 24.9 Å². The number of aromatic nitrogens is 1. The summed E-state index contributed by atoms with van der Waals surface area (Å²) in [6.07, 6.45) is 5.92. The Morgan fingerprint density at radius 1 is 1.23 bits per heavy atom. The number of benzene rings is 1. The molecule has 0 spiro atoms. The molecule has 0 radical (unpaired) electrons. The third kappa shape index (κ3) is 7.61. The van der Waals surface area contributed by atoms with Crippen molar-refractivity contribution in [3.63, 3.8) is 0 Å². The van der Waals surface area contributed by atoms with Crippen molar-refractivity contribution in [3.8, 4) is 11.5 Å². The molecule has 1 fully saturated rings. The maximum atomic E-state index is 6.20. The van der Waals surface area contributed by atoms with E-state index in [2.05, 4.69) is 34.0 Å². The molecule has 0 unspecified atom stereocenters. The molecule has 2 aromatic rings. The summed E-state index contributed by atoms with van der Waals surface area (Å²) >= 11 is 1.69. The van der Waals surface area contributed by atoms with Crippen molar-refractivity contribution < 1.29 is 9.47 Å². The second kappa shape index (κ2) is 13.0. The monoisotopic (exact) mass is 544 g/mol. The molecule has 0 bridgehead atoms. The van der Waals surface area contributed by atoms with E-state index in [-0.39, 0.29) is 24.0 Å². The number of aryl methyl sites for hydroxylation is 1. The highest BCUT2D eigenvalue weighted by Gasteiger charge is 2.18. The van der Waals surface area contributed by atoms with Gasteiger partial charge in [-0.15, -0.1) is 35.3 Å². The predicted octanol–water partition coefficient (Wildman–Crippen LogP) is 4.70. The predicted molar refractivity (Wildman–Crippen MR) is 135 cm³/mol. The number of guanidine groups is 1. The van der Waals surface area contributed by atoms with Crippen molar-refractivity contribution in [1.82, 2.24) is 15.6 Å². The minimum atomic E-state index is 0. The molecule has 3 rings (SSSR count). The maximum absolute atomic E-state index is 6.20. The van der Waals surface area contributed by atoms with Crippen molar-refractivity contribution in [3.05, 3.63) is 39.8 Å². The first-order valence-electron chi connectivity index (χ1n) is 10.4. The number of thiazole rings is 1. The minimum absolute atomic E-state index is 0. The van der Waals surface area contributed by atoms with Gasteiger partial charge in [0.1, 0.15) is 0 Å². The fourth-order valence-corrected chi connectivity index (χ4v) is 4.09. The summed E-state index contributed by atoms with van der Waals surface area (Å²) in [6.45, 7) is 6.30. The summed E-state index contributed by atoms with van der Waals surface area (Å²) in [4.78, 5) is 9.24. The maximum Gasteiger partial charge on any atom is 0.191 e. The van der Waals surface area contributed by atoms with Crippen LogP contribution in [0.25, 0.3) is 0 Å². The summed E-state index contributed by atoms with van der Waals surface area (Å²) in [6, 6.07) is 6.08. The van der Waals surface area contributed by atoms with Gasteiger partial charge >= 0.3 is 0 Å². The van der Waals surface area contributed by atoms with Gasteiger partial charge in [0.15, 0.2) is 17.5 Å². The van der Waals surface area contributed by atoms with Crippen LogP contribution < -0.4 is 20.1 Å². The van der Waals surface area contributed by atoms with Crippen LogP contribution in [0.5, 0.6) is 11.5 Å². The molecular weight excluding hydrogens is 511 g/mol. The zero-order chi connectivity index (χ0) is 20.5. The van der Waals surface area contributed by atoms with Crippen molar-refractivity contribution in [1.29, 1.82) is 0 Å². The van der Waals surface area contributed by atoms with Gasteiger partial charge in [0.25, 0.3) is 0 Å². The Morgan fingerprint density at radius 2 is 2.03 bits per heavy atom. The zero-order valence-electron chi connectivity index (χ0n) is 18.1. The molecule has 1 aliphatic carbocycles. The van der Waals surface area contributed by atoms with Crippen LogP contribution in [0.4, 0.5) is 0 Å². The topological polar surface area (TPSA) is 67.8 Å². The highest BCUT2D eigenvalue weighted by Crippen LogP contribution is 2.32. The smallest absolute Gasteiger partial charge is 0.191 e. The lowest BCUT2D eigenvalue weighted by Crippen LogP contribution is -2.38. The van der Waals surface area contributed by atoms with Crippen LogP contribution in [0.3, 0.4) is 0 Å².